The SMILES string of the molecule is O=C(O)Cc1ccc(NC(=O)Cn2ccnn2)cc1. The first-order valence-corrected chi connectivity index (χ1v) is 5.58. The summed E-state index contributed by atoms with van der Waals surface area (Å²) in [4.78, 5) is 22.2. The van der Waals surface area contributed by atoms with Crippen LogP contribution in [-0.4, -0.2) is 32.0 Å². The van der Waals surface area contributed by atoms with E-state index in [2.05, 4.69) is 15.6 Å². The lowest BCUT2D eigenvalue weighted by Crippen LogP contribution is -2.19. The van der Waals surface area contributed by atoms with Crippen LogP contribution in [0.1, 0.15) is 5.56 Å². The van der Waals surface area contributed by atoms with Crippen molar-refractivity contribution in [1.29, 1.82) is 0 Å². The standard InChI is InChI=1S/C12H12N4O3/c17-11(8-16-6-5-13-15-16)14-10-3-1-9(2-4-10)7-12(18)19/h1-6H,7-8H2,(H,14,17)(H,18,19). The number of carboxylic acids is 1. The molecule has 0 saturated heterocycles. The van der Waals surface area contributed by atoms with Gasteiger partial charge in [0.2, 0.25) is 5.91 Å². The fraction of sp³-hybridized carbons (Fsp3) is 0.167. The maximum absolute atomic E-state index is 11.6. The van der Waals surface area contributed by atoms with Gasteiger partial charge < -0.3 is 10.4 Å². The molecule has 1 heterocycles. The zero-order valence-electron chi connectivity index (χ0n) is 9.98. The van der Waals surface area contributed by atoms with Crippen molar-refractivity contribution >= 4 is 17.6 Å². The number of nitrogens with zero attached hydrogens (tertiary/aromatic N) is 3. The number of anilines is 1. The van der Waals surface area contributed by atoms with Gasteiger partial charge in [0.15, 0.2) is 0 Å². The Morgan fingerprint density at radius 2 is 2.00 bits per heavy atom. The minimum atomic E-state index is -0.886. The van der Waals surface area contributed by atoms with Crippen LogP contribution in [0.15, 0.2) is 36.7 Å². The molecule has 0 radical (unpaired) electrons. The van der Waals surface area contributed by atoms with Crippen molar-refractivity contribution in [3.63, 3.8) is 0 Å². The number of hydrogen-bond donors (Lipinski definition) is 2. The van der Waals surface area contributed by atoms with E-state index in [9.17, 15) is 9.59 Å². The van der Waals surface area contributed by atoms with Crippen molar-refractivity contribution in [3.05, 3.63) is 42.2 Å². The summed E-state index contributed by atoms with van der Waals surface area (Å²) in [5, 5.41) is 18.6. The zero-order valence-corrected chi connectivity index (χ0v) is 9.98. The van der Waals surface area contributed by atoms with Gasteiger partial charge in [0.25, 0.3) is 0 Å². The Bertz CT molecular complexity index is 563. The van der Waals surface area contributed by atoms with Crippen molar-refractivity contribution < 1.29 is 14.7 Å². The topological polar surface area (TPSA) is 97.1 Å². The molecular weight excluding hydrogens is 248 g/mol. The van der Waals surface area contributed by atoms with Crippen LogP contribution in [0, 0.1) is 0 Å². The third kappa shape index (κ3) is 3.91. The van der Waals surface area contributed by atoms with E-state index in [1.54, 1.807) is 30.5 Å². The van der Waals surface area contributed by atoms with Crippen LogP contribution < -0.4 is 5.32 Å². The molecule has 98 valence electrons. The van der Waals surface area contributed by atoms with Gasteiger partial charge >= 0.3 is 5.97 Å². The molecule has 0 aliphatic heterocycles. The van der Waals surface area contributed by atoms with Crippen LogP contribution in [0.3, 0.4) is 0 Å². The molecule has 2 N–H and O–H groups in total. The Kier molecular flexibility index (Phi) is 3.87. The van der Waals surface area contributed by atoms with Gasteiger partial charge in [-0.1, -0.05) is 17.3 Å². The molecule has 2 aromatic rings. The van der Waals surface area contributed by atoms with E-state index >= 15 is 0 Å². The monoisotopic (exact) mass is 260 g/mol. The van der Waals surface area contributed by atoms with Crippen LogP contribution in [-0.2, 0) is 22.6 Å². The second kappa shape index (κ2) is 5.76. The van der Waals surface area contributed by atoms with Crippen LogP contribution in [0.2, 0.25) is 0 Å². The molecule has 19 heavy (non-hydrogen) atoms. The van der Waals surface area contributed by atoms with E-state index in [-0.39, 0.29) is 18.9 Å². The van der Waals surface area contributed by atoms with Gasteiger partial charge in [-0.25, -0.2) is 4.68 Å². The number of hydrogen-bond acceptors (Lipinski definition) is 4. The summed E-state index contributed by atoms with van der Waals surface area (Å²) in [6.45, 7) is 0.0802. The van der Waals surface area contributed by atoms with Crippen LogP contribution in [0.4, 0.5) is 5.69 Å². The summed E-state index contributed by atoms with van der Waals surface area (Å²) in [5.41, 5.74) is 1.29. The predicted octanol–water partition coefficient (Wildman–Crippen LogP) is 0.544. The first-order valence-electron chi connectivity index (χ1n) is 5.58. The largest absolute Gasteiger partial charge is 0.481 e. The Balaban J connectivity index is 1.92. The van der Waals surface area contributed by atoms with Crippen molar-refractivity contribution in [2.24, 2.45) is 0 Å². The third-order valence-electron chi connectivity index (χ3n) is 2.37. The summed E-state index contributed by atoms with van der Waals surface area (Å²) in [6.07, 6.45) is 3.05. The van der Waals surface area contributed by atoms with Crippen molar-refractivity contribution in [1.82, 2.24) is 15.0 Å². The molecule has 0 spiro atoms. The summed E-state index contributed by atoms with van der Waals surface area (Å²) >= 11 is 0. The van der Waals surface area contributed by atoms with Crippen LogP contribution in [0.25, 0.3) is 0 Å². The molecule has 2 rings (SSSR count). The van der Waals surface area contributed by atoms with Crippen LogP contribution in [0.5, 0.6) is 0 Å². The molecule has 7 nitrogen and oxygen atoms in total. The maximum Gasteiger partial charge on any atom is 0.307 e. The lowest BCUT2D eigenvalue weighted by Gasteiger charge is -2.05. The molecule has 0 fully saturated rings. The lowest BCUT2D eigenvalue weighted by molar-refractivity contribution is -0.136. The average Bonchev–Trinajstić information content (AvgIpc) is 2.83. The fourth-order valence-electron chi connectivity index (χ4n) is 1.55. The maximum atomic E-state index is 11.6. The number of carbonyl (C=O) groups is 2. The highest BCUT2D eigenvalue weighted by Gasteiger charge is 2.05. The molecule has 0 unspecified atom stereocenters. The summed E-state index contributed by atoms with van der Waals surface area (Å²) in [7, 11) is 0. The number of carboxylic acid groups (broad SMARTS) is 1. The highest BCUT2D eigenvalue weighted by Crippen LogP contribution is 2.10. The number of aromatic nitrogens is 3. The van der Waals surface area contributed by atoms with E-state index in [1.807, 2.05) is 0 Å². The molecule has 1 aromatic heterocycles. The van der Waals surface area contributed by atoms with E-state index in [0.717, 1.165) is 0 Å². The van der Waals surface area contributed by atoms with Gasteiger partial charge in [0.05, 0.1) is 12.6 Å². The molecule has 0 atom stereocenters. The van der Waals surface area contributed by atoms with Gasteiger partial charge in [0, 0.05) is 11.9 Å². The van der Waals surface area contributed by atoms with E-state index in [4.69, 9.17) is 5.11 Å². The summed E-state index contributed by atoms with van der Waals surface area (Å²) < 4.78 is 1.41. The molecular formula is C12H12N4O3. The highest BCUT2D eigenvalue weighted by molar-refractivity contribution is 5.90. The van der Waals surface area contributed by atoms with Crippen molar-refractivity contribution in [2.75, 3.05) is 5.32 Å². The summed E-state index contributed by atoms with van der Waals surface area (Å²) in [5.74, 6) is -1.11. The van der Waals surface area contributed by atoms with Gasteiger partial charge in [-0.15, -0.1) is 5.10 Å². The lowest BCUT2D eigenvalue weighted by atomic mass is 10.1. The quantitative estimate of drug-likeness (QED) is 0.818. The zero-order chi connectivity index (χ0) is 13.7. The Morgan fingerprint density at radius 1 is 1.26 bits per heavy atom. The van der Waals surface area contributed by atoms with Crippen molar-refractivity contribution in [2.45, 2.75) is 13.0 Å². The number of amides is 1. The Labute approximate surface area is 108 Å². The minimum absolute atomic E-state index is 0.0345. The molecule has 0 aliphatic rings. The fourth-order valence-corrected chi connectivity index (χ4v) is 1.55. The molecule has 0 bridgehead atoms. The predicted molar refractivity (Wildman–Crippen MR) is 66.4 cm³/mol. The smallest absolute Gasteiger partial charge is 0.307 e. The summed E-state index contributed by atoms with van der Waals surface area (Å²) in [6, 6.07) is 6.66. The number of aliphatic carboxylic acids is 1. The van der Waals surface area contributed by atoms with Crippen molar-refractivity contribution in [3.8, 4) is 0 Å². The van der Waals surface area contributed by atoms with E-state index in [0.29, 0.717) is 11.3 Å². The molecule has 0 saturated carbocycles. The van der Waals surface area contributed by atoms with E-state index < -0.39 is 5.97 Å². The molecule has 0 aliphatic carbocycles. The average molecular weight is 260 g/mol. The number of carbonyl (C=O) groups excluding carboxylic acids is 1. The van der Waals surface area contributed by atoms with E-state index in [1.165, 1.54) is 10.9 Å². The normalized spacial score (nSPS) is 10.1. The third-order valence-corrected chi connectivity index (χ3v) is 2.37. The van der Waals surface area contributed by atoms with Gasteiger partial charge in [0.1, 0.15) is 6.54 Å². The number of rotatable bonds is 5. The van der Waals surface area contributed by atoms with Gasteiger partial charge in [-0.3, -0.25) is 9.59 Å². The van der Waals surface area contributed by atoms with Crippen LogP contribution >= 0.6 is 0 Å². The molecule has 1 amide bonds. The Hall–Kier alpha value is -2.70. The first-order chi connectivity index (χ1) is 9.13. The van der Waals surface area contributed by atoms with Gasteiger partial charge in [-0.05, 0) is 17.7 Å². The molecule has 1 aromatic carbocycles. The Morgan fingerprint density at radius 3 is 2.58 bits per heavy atom. The second-order valence-corrected chi connectivity index (χ2v) is 3.92. The number of benzene rings is 1. The molecule has 7 heteroatoms. The van der Waals surface area contributed by atoms with Gasteiger partial charge in [-0.2, -0.15) is 0 Å². The number of nitrogens with one attached hydrogen (secondary N) is 1. The first kappa shape index (κ1) is 12.7. The minimum Gasteiger partial charge on any atom is -0.481 e. The highest BCUT2D eigenvalue weighted by atomic mass is 16.4. The second-order valence-electron chi connectivity index (χ2n) is 3.92.